The maximum absolute atomic E-state index is 2.50. The van der Waals surface area contributed by atoms with Crippen molar-refractivity contribution >= 4 is 76.2 Å². The van der Waals surface area contributed by atoms with Gasteiger partial charge in [-0.05, 0) is 82.1 Å². The van der Waals surface area contributed by atoms with Crippen molar-refractivity contribution in [1.29, 1.82) is 0 Å². The lowest BCUT2D eigenvalue weighted by atomic mass is 10.0. The number of para-hydroxylation sites is 4. The highest BCUT2D eigenvalue weighted by Crippen LogP contribution is 2.52. The number of nitrogens with zero attached hydrogens (tertiary/aromatic N) is 3. The Balaban J connectivity index is 1.10. The summed E-state index contributed by atoms with van der Waals surface area (Å²) in [6.07, 6.45) is 0. The average Bonchev–Trinajstić information content (AvgIpc) is 3.97. The molecule has 1 aliphatic rings. The summed E-state index contributed by atoms with van der Waals surface area (Å²) in [5.74, 6) is 0. The highest BCUT2D eigenvalue weighted by Gasteiger charge is 2.27. The molecule has 0 N–H and O–H groups in total. The van der Waals surface area contributed by atoms with Crippen molar-refractivity contribution in [3.05, 3.63) is 188 Å². The molecule has 0 aliphatic heterocycles. The van der Waals surface area contributed by atoms with Crippen molar-refractivity contribution in [2.45, 2.75) is 0 Å². The van der Waals surface area contributed by atoms with Crippen LogP contribution < -0.4 is 0 Å². The van der Waals surface area contributed by atoms with Crippen LogP contribution in [-0.4, -0.2) is 13.7 Å². The quantitative estimate of drug-likeness (QED) is 0.175. The molecule has 0 atom stereocenters. The maximum Gasteiger partial charge on any atom is 0.0788 e. The van der Waals surface area contributed by atoms with E-state index in [1.54, 1.807) is 0 Å². The van der Waals surface area contributed by atoms with Crippen molar-refractivity contribution in [2.75, 3.05) is 0 Å². The first-order valence-electron chi connectivity index (χ1n) is 19.0. The molecule has 3 nitrogen and oxygen atoms in total. The highest BCUT2D eigenvalue weighted by atomic mass is 15.0. The molecule has 13 rings (SSSR count). The van der Waals surface area contributed by atoms with Gasteiger partial charge in [-0.15, -0.1) is 0 Å². The van der Waals surface area contributed by atoms with Gasteiger partial charge in [-0.1, -0.05) is 133 Å². The molecule has 0 unspecified atom stereocenters. The molecule has 0 radical (unpaired) electrons. The van der Waals surface area contributed by atoms with Gasteiger partial charge in [0.05, 0.1) is 33.1 Å². The Labute approximate surface area is 316 Å². The van der Waals surface area contributed by atoms with E-state index in [9.17, 15) is 0 Å². The highest BCUT2D eigenvalue weighted by molar-refractivity contribution is 6.26. The number of benzene rings is 9. The first-order valence-corrected chi connectivity index (χ1v) is 19.0. The van der Waals surface area contributed by atoms with Crippen molar-refractivity contribution in [1.82, 2.24) is 13.7 Å². The third-order valence-electron chi connectivity index (χ3n) is 12.2. The molecular weight excluding hydrogens is 667 g/mol. The van der Waals surface area contributed by atoms with Gasteiger partial charge in [-0.2, -0.15) is 0 Å². The standard InChI is InChI=1S/C52H31N3/c1-2-14-33(15-3-1)54-46-22-8-5-17-37(46)42-30-31-43-38-18-6-9-23-47(38)55(52(43)51(42)54)35-26-24-34(25-27-35)53-45-21-7-4-16-36(45)41-29-28-40-39-19-10-12-32-13-11-20-44(48(32)39)49(40)50(41)53/h1-31H. The fourth-order valence-corrected chi connectivity index (χ4v) is 9.96. The van der Waals surface area contributed by atoms with Crippen molar-refractivity contribution in [3.8, 4) is 39.3 Å². The van der Waals surface area contributed by atoms with E-state index in [1.807, 2.05) is 0 Å². The summed E-state index contributed by atoms with van der Waals surface area (Å²) in [5, 5.41) is 10.2. The zero-order valence-corrected chi connectivity index (χ0v) is 29.7. The third-order valence-corrected chi connectivity index (χ3v) is 12.2. The molecule has 0 saturated carbocycles. The Morgan fingerprint density at radius 2 is 0.691 bits per heavy atom. The summed E-state index contributed by atoms with van der Waals surface area (Å²) in [4.78, 5) is 0. The summed E-state index contributed by atoms with van der Waals surface area (Å²) in [7, 11) is 0. The lowest BCUT2D eigenvalue weighted by Crippen LogP contribution is -2.00. The Bertz CT molecular complexity index is 3570. The molecule has 0 saturated heterocycles. The Hall–Kier alpha value is -7.36. The molecule has 0 amide bonds. The summed E-state index contributed by atoms with van der Waals surface area (Å²) < 4.78 is 7.43. The lowest BCUT2D eigenvalue weighted by Gasteiger charge is -2.15. The third kappa shape index (κ3) is 3.74. The van der Waals surface area contributed by atoms with E-state index in [0.717, 1.165) is 17.1 Å². The second kappa shape index (κ2) is 10.6. The van der Waals surface area contributed by atoms with Crippen LogP contribution >= 0.6 is 0 Å². The summed E-state index contributed by atoms with van der Waals surface area (Å²) in [6, 6.07) is 69.3. The number of rotatable bonds is 3. The van der Waals surface area contributed by atoms with E-state index >= 15 is 0 Å². The van der Waals surface area contributed by atoms with Crippen molar-refractivity contribution in [2.24, 2.45) is 0 Å². The smallest absolute Gasteiger partial charge is 0.0788 e. The van der Waals surface area contributed by atoms with Crippen LogP contribution in [0.1, 0.15) is 0 Å². The van der Waals surface area contributed by atoms with Gasteiger partial charge in [-0.25, -0.2) is 0 Å². The van der Waals surface area contributed by atoms with E-state index < -0.39 is 0 Å². The molecule has 3 aromatic heterocycles. The molecule has 3 heteroatoms. The Kier molecular flexibility index (Phi) is 5.63. The largest absolute Gasteiger partial charge is 0.309 e. The van der Waals surface area contributed by atoms with Gasteiger partial charge in [0, 0.05) is 54.9 Å². The minimum atomic E-state index is 1.13. The topological polar surface area (TPSA) is 14.8 Å². The van der Waals surface area contributed by atoms with Gasteiger partial charge in [0.15, 0.2) is 0 Å². The Morgan fingerprint density at radius 1 is 0.255 bits per heavy atom. The van der Waals surface area contributed by atoms with E-state index in [1.165, 1.54) is 98.4 Å². The van der Waals surface area contributed by atoms with Gasteiger partial charge in [0.2, 0.25) is 0 Å². The zero-order chi connectivity index (χ0) is 35.8. The van der Waals surface area contributed by atoms with Gasteiger partial charge in [0.1, 0.15) is 0 Å². The van der Waals surface area contributed by atoms with E-state index in [4.69, 9.17) is 0 Å². The summed E-state index contributed by atoms with van der Waals surface area (Å²) >= 11 is 0. The van der Waals surface area contributed by atoms with Gasteiger partial charge in [0.25, 0.3) is 0 Å². The first kappa shape index (κ1) is 29.1. The molecule has 0 spiro atoms. The molecule has 1 aliphatic carbocycles. The first-order chi connectivity index (χ1) is 27.3. The second-order valence-electron chi connectivity index (χ2n) is 14.9. The van der Waals surface area contributed by atoms with E-state index in [2.05, 4.69) is 202 Å². The number of aromatic nitrogens is 3. The minimum absolute atomic E-state index is 1.13. The predicted octanol–water partition coefficient (Wildman–Crippen LogP) is 13.8. The molecule has 12 aromatic rings. The van der Waals surface area contributed by atoms with Crippen LogP contribution in [0.25, 0.3) is 116 Å². The van der Waals surface area contributed by atoms with Crippen LogP contribution in [0.4, 0.5) is 0 Å². The van der Waals surface area contributed by atoms with Crippen molar-refractivity contribution < 1.29 is 0 Å². The molecule has 0 bridgehead atoms. The normalized spacial score (nSPS) is 12.4. The van der Waals surface area contributed by atoms with E-state index in [-0.39, 0.29) is 0 Å². The fourth-order valence-electron chi connectivity index (χ4n) is 9.96. The van der Waals surface area contributed by atoms with Crippen LogP contribution in [0.3, 0.4) is 0 Å². The number of fused-ring (bicyclic) bond motifs is 14. The monoisotopic (exact) mass is 697 g/mol. The van der Waals surface area contributed by atoms with Crippen LogP contribution in [-0.2, 0) is 0 Å². The molecule has 9 aromatic carbocycles. The predicted molar refractivity (Wildman–Crippen MR) is 231 cm³/mol. The van der Waals surface area contributed by atoms with Gasteiger partial charge < -0.3 is 13.7 Å². The fraction of sp³-hybridized carbons (Fsp3) is 0. The van der Waals surface area contributed by atoms with Crippen LogP contribution in [0.2, 0.25) is 0 Å². The molecule has 254 valence electrons. The van der Waals surface area contributed by atoms with Crippen LogP contribution in [0.15, 0.2) is 188 Å². The SMILES string of the molecule is c1ccc(-n2c3ccccc3c3ccc4c5ccccc5n(-c5ccc(-n6c7ccccc7c7ccc8c(c76)-c6cccc7cccc-8c67)cc5)c4c32)cc1. The van der Waals surface area contributed by atoms with Gasteiger partial charge in [-0.3, -0.25) is 0 Å². The lowest BCUT2D eigenvalue weighted by molar-refractivity contribution is 1.13. The minimum Gasteiger partial charge on any atom is -0.309 e. The van der Waals surface area contributed by atoms with Crippen LogP contribution in [0, 0.1) is 0 Å². The summed E-state index contributed by atoms with van der Waals surface area (Å²) in [6.45, 7) is 0. The number of hydrogen-bond donors (Lipinski definition) is 0. The second-order valence-corrected chi connectivity index (χ2v) is 14.9. The molecule has 3 heterocycles. The maximum atomic E-state index is 2.50. The molecule has 55 heavy (non-hydrogen) atoms. The Morgan fingerprint density at radius 3 is 1.25 bits per heavy atom. The average molecular weight is 698 g/mol. The van der Waals surface area contributed by atoms with Crippen LogP contribution in [0.5, 0.6) is 0 Å². The van der Waals surface area contributed by atoms with Crippen molar-refractivity contribution in [3.63, 3.8) is 0 Å². The summed E-state index contributed by atoms with van der Waals surface area (Å²) in [5.41, 5.74) is 16.0. The number of hydrogen-bond acceptors (Lipinski definition) is 0. The van der Waals surface area contributed by atoms with E-state index in [0.29, 0.717) is 0 Å². The zero-order valence-electron chi connectivity index (χ0n) is 29.7. The molecule has 0 fully saturated rings. The van der Waals surface area contributed by atoms with Gasteiger partial charge >= 0.3 is 0 Å². The molecular formula is C52H31N3.